The number of halogens is 3. The van der Waals surface area contributed by atoms with Gasteiger partial charge in [0.05, 0.1) is 22.7 Å². The summed E-state index contributed by atoms with van der Waals surface area (Å²) >= 11 is 1.57. The number of aromatic nitrogens is 1. The second-order valence-electron chi connectivity index (χ2n) is 8.67. The van der Waals surface area contributed by atoms with E-state index in [0.29, 0.717) is 31.6 Å². The van der Waals surface area contributed by atoms with Gasteiger partial charge in [-0.05, 0) is 62.4 Å². The normalized spacial score (nSPS) is 14.2. The Morgan fingerprint density at radius 1 is 1.14 bits per heavy atom. The van der Waals surface area contributed by atoms with Crippen LogP contribution in [0.4, 0.5) is 18.9 Å². The van der Waals surface area contributed by atoms with Crippen LogP contribution in [-0.4, -0.2) is 41.4 Å². The SMILES string of the molecule is Cc1nc(CC(=O)Nc2ccc(C3CCN(C(=O)c4ccc(OC(F)F)cc4F)CC3)cc2)c(C)s1. The molecule has 2 aromatic carbocycles. The predicted octanol–water partition coefficient (Wildman–Crippen LogP) is 5.70. The van der Waals surface area contributed by atoms with Gasteiger partial charge in [0.25, 0.3) is 5.91 Å². The topological polar surface area (TPSA) is 71.5 Å². The summed E-state index contributed by atoms with van der Waals surface area (Å²) < 4.78 is 43.1. The summed E-state index contributed by atoms with van der Waals surface area (Å²) in [6, 6.07) is 10.8. The zero-order chi connectivity index (χ0) is 25.8. The molecular weight excluding hydrogens is 491 g/mol. The molecule has 36 heavy (non-hydrogen) atoms. The highest BCUT2D eigenvalue weighted by Gasteiger charge is 2.26. The Morgan fingerprint density at radius 2 is 1.83 bits per heavy atom. The van der Waals surface area contributed by atoms with Crippen LogP contribution in [0.1, 0.15) is 50.3 Å². The van der Waals surface area contributed by atoms with Crippen molar-refractivity contribution in [2.75, 3.05) is 18.4 Å². The molecule has 6 nitrogen and oxygen atoms in total. The molecular formula is C26H26F3N3O3S. The first-order valence-electron chi connectivity index (χ1n) is 11.6. The van der Waals surface area contributed by atoms with Crippen LogP contribution >= 0.6 is 11.3 Å². The first-order chi connectivity index (χ1) is 17.2. The van der Waals surface area contributed by atoms with Gasteiger partial charge in [-0.15, -0.1) is 11.3 Å². The van der Waals surface area contributed by atoms with Crippen molar-refractivity contribution in [1.29, 1.82) is 0 Å². The monoisotopic (exact) mass is 517 g/mol. The van der Waals surface area contributed by atoms with Gasteiger partial charge in [0.1, 0.15) is 11.6 Å². The van der Waals surface area contributed by atoms with Crippen molar-refractivity contribution in [3.05, 3.63) is 75.0 Å². The first kappa shape index (κ1) is 25.7. The number of likely N-dealkylation sites (tertiary alicyclic amines) is 1. The van der Waals surface area contributed by atoms with E-state index in [-0.39, 0.29) is 29.6 Å². The summed E-state index contributed by atoms with van der Waals surface area (Å²) in [5.41, 5.74) is 2.44. The number of nitrogens with zero attached hydrogens (tertiary/aromatic N) is 2. The molecule has 0 radical (unpaired) electrons. The summed E-state index contributed by atoms with van der Waals surface area (Å²) in [6.07, 6.45) is 1.63. The maximum Gasteiger partial charge on any atom is 0.387 e. The lowest BCUT2D eigenvalue weighted by molar-refractivity contribution is -0.115. The number of benzene rings is 2. The van der Waals surface area contributed by atoms with E-state index >= 15 is 0 Å². The van der Waals surface area contributed by atoms with Crippen LogP contribution < -0.4 is 10.1 Å². The molecule has 0 atom stereocenters. The summed E-state index contributed by atoms with van der Waals surface area (Å²) in [7, 11) is 0. The average Bonchev–Trinajstić information content (AvgIpc) is 3.15. The van der Waals surface area contributed by atoms with E-state index in [1.165, 1.54) is 6.07 Å². The van der Waals surface area contributed by atoms with E-state index in [2.05, 4.69) is 15.0 Å². The van der Waals surface area contributed by atoms with Crippen molar-refractivity contribution in [2.24, 2.45) is 0 Å². The number of rotatable bonds is 7. The fourth-order valence-corrected chi connectivity index (χ4v) is 5.20. The fraction of sp³-hybridized carbons (Fsp3) is 0.346. The smallest absolute Gasteiger partial charge is 0.387 e. The molecule has 1 aliphatic heterocycles. The van der Waals surface area contributed by atoms with Crippen molar-refractivity contribution in [1.82, 2.24) is 9.88 Å². The molecule has 10 heteroatoms. The first-order valence-corrected chi connectivity index (χ1v) is 12.4. The largest absolute Gasteiger partial charge is 0.435 e. The lowest BCUT2D eigenvalue weighted by atomic mass is 9.89. The van der Waals surface area contributed by atoms with Gasteiger partial charge in [-0.3, -0.25) is 9.59 Å². The lowest BCUT2D eigenvalue weighted by Gasteiger charge is -2.32. The highest BCUT2D eigenvalue weighted by Crippen LogP contribution is 2.30. The van der Waals surface area contributed by atoms with Crippen molar-refractivity contribution in [2.45, 2.75) is 45.6 Å². The second kappa shape index (κ2) is 11.1. The third-order valence-corrected chi connectivity index (χ3v) is 7.10. The molecule has 1 fully saturated rings. The van der Waals surface area contributed by atoms with Gasteiger partial charge in [0, 0.05) is 29.7 Å². The van der Waals surface area contributed by atoms with Gasteiger partial charge >= 0.3 is 6.61 Å². The minimum Gasteiger partial charge on any atom is -0.435 e. The Bertz CT molecular complexity index is 1240. The van der Waals surface area contributed by atoms with Crippen LogP contribution in [0.2, 0.25) is 0 Å². The van der Waals surface area contributed by atoms with E-state index in [0.717, 1.165) is 33.3 Å². The quantitative estimate of drug-likeness (QED) is 0.436. The zero-order valence-electron chi connectivity index (χ0n) is 19.9. The van der Waals surface area contributed by atoms with Crippen LogP contribution in [0.3, 0.4) is 0 Å². The molecule has 2 amide bonds. The molecule has 0 unspecified atom stereocenters. The van der Waals surface area contributed by atoms with Crippen LogP contribution in [0.15, 0.2) is 42.5 Å². The Hall–Kier alpha value is -3.40. The number of aryl methyl sites for hydroxylation is 2. The van der Waals surface area contributed by atoms with Gasteiger partial charge < -0.3 is 15.0 Å². The molecule has 2 heterocycles. The van der Waals surface area contributed by atoms with Gasteiger partial charge in [0.2, 0.25) is 5.91 Å². The molecule has 0 spiro atoms. The van der Waals surface area contributed by atoms with Gasteiger partial charge in [0.15, 0.2) is 0 Å². The Morgan fingerprint density at radius 3 is 2.42 bits per heavy atom. The number of carbonyl (C=O) groups is 2. The number of anilines is 1. The number of hydrogen-bond acceptors (Lipinski definition) is 5. The van der Waals surface area contributed by atoms with Crippen LogP contribution in [0.25, 0.3) is 0 Å². The number of alkyl halides is 2. The van der Waals surface area contributed by atoms with Crippen LogP contribution in [-0.2, 0) is 11.2 Å². The average molecular weight is 518 g/mol. The maximum absolute atomic E-state index is 14.3. The Kier molecular flexibility index (Phi) is 7.93. The second-order valence-corrected chi connectivity index (χ2v) is 10.1. The van der Waals surface area contributed by atoms with Crippen molar-refractivity contribution < 1.29 is 27.5 Å². The minimum absolute atomic E-state index is 0.121. The molecule has 1 aromatic heterocycles. The number of amides is 2. The van der Waals surface area contributed by atoms with Crippen molar-refractivity contribution in [3.8, 4) is 5.75 Å². The molecule has 0 bridgehead atoms. The maximum atomic E-state index is 14.3. The molecule has 4 rings (SSSR count). The number of thiazole rings is 1. The summed E-state index contributed by atoms with van der Waals surface area (Å²) in [5.74, 6) is -1.59. The third kappa shape index (κ3) is 6.23. The number of ether oxygens (including phenoxy) is 1. The highest BCUT2D eigenvalue weighted by molar-refractivity contribution is 7.11. The third-order valence-electron chi connectivity index (χ3n) is 6.17. The minimum atomic E-state index is -3.06. The molecule has 0 saturated carbocycles. The Labute approximate surface area is 211 Å². The molecule has 3 aromatic rings. The molecule has 1 N–H and O–H groups in total. The summed E-state index contributed by atoms with van der Waals surface area (Å²) in [6.45, 7) is 1.71. The highest BCUT2D eigenvalue weighted by atomic mass is 32.1. The van der Waals surface area contributed by atoms with Crippen molar-refractivity contribution in [3.63, 3.8) is 0 Å². The van der Waals surface area contributed by atoms with Crippen LogP contribution in [0.5, 0.6) is 5.75 Å². The number of nitrogens with one attached hydrogen (secondary N) is 1. The van der Waals surface area contributed by atoms with Gasteiger partial charge in [-0.1, -0.05) is 12.1 Å². The van der Waals surface area contributed by atoms with E-state index in [1.807, 2.05) is 38.1 Å². The van der Waals surface area contributed by atoms with Crippen molar-refractivity contribution >= 4 is 28.8 Å². The molecule has 0 aliphatic carbocycles. The summed E-state index contributed by atoms with van der Waals surface area (Å²) in [4.78, 5) is 32.1. The van der Waals surface area contributed by atoms with E-state index in [1.54, 1.807) is 16.2 Å². The predicted molar refractivity (Wildman–Crippen MR) is 131 cm³/mol. The standard InChI is InChI=1S/C26H26F3N3O3S/c1-15-23(30-16(2)36-15)14-24(33)31-19-5-3-17(4-6-19)18-9-11-32(12-10-18)25(34)21-8-7-20(13-22(21)27)35-26(28)29/h3-8,13,18,26H,9-12,14H2,1-2H3,(H,31,33). The number of carbonyl (C=O) groups excluding carboxylic acids is 2. The van der Waals surface area contributed by atoms with E-state index in [9.17, 15) is 22.8 Å². The zero-order valence-corrected chi connectivity index (χ0v) is 20.7. The van der Waals surface area contributed by atoms with Gasteiger partial charge in [-0.25, -0.2) is 9.37 Å². The van der Waals surface area contributed by atoms with Gasteiger partial charge in [-0.2, -0.15) is 8.78 Å². The fourth-order valence-electron chi connectivity index (χ4n) is 4.36. The molecule has 190 valence electrons. The number of piperidine rings is 1. The number of hydrogen-bond donors (Lipinski definition) is 1. The van der Waals surface area contributed by atoms with E-state index < -0.39 is 18.3 Å². The Balaban J connectivity index is 1.30. The van der Waals surface area contributed by atoms with Crippen LogP contribution in [0, 0.1) is 19.7 Å². The summed E-state index contributed by atoms with van der Waals surface area (Å²) in [5, 5.41) is 3.84. The molecule has 1 aliphatic rings. The lowest BCUT2D eigenvalue weighted by Crippen LogP contribution is -2.38. The molecule has 1 saturated heterocycles. The van der Waals surface area contributed by atoms with E-state index in [4.69, 9.17) is 0 Å².